The van der Waals surface area contributed by atoms with Gasteiger partial charge in [-0.1, -0.05) is 19.0 Å². The Morgan fingerprint density at radius 2 is 2.10 bits per heavy atom. The van der Waals surface area contributed by atoms with Gasteiger partial charge in [-0.15, -0.1) is 0 Å². The molecule has 1 spiro atoms. The van der Waals surface area contributed by atoms with Crippen LogP contribution in [0.2, 0.25) is 0 Å². The van der Waals surface area contributed by atoms with Crippen LogP contribution in [0.5, 0.6) is 0 Å². The Morgan fingerprint density at radius 3 is 2.30 bits per heavy atom. The minimum Gasteiger partial charge on any atom is -0.388 e. The van der Waals surface area contributed by atoms with E-state index in [9.17, 15) is 0 Å². The third-order valence-corrected chi connectivity index (χ3v) is 2.75. The van der Waals surface area contributed by atoms with Crippen molar-refractivity contribution in [2.45, 2.75) is 39.2 Å². The average Bonchev–Trinajstić information content (AvgIpc) is 2.20. The van der Waals surface area contributed by atoms with E-state index in [4.69, 9.17) is 4.84 Å². The summed E-state index contributed by atoms with van der Waals surface area (Å²) < 4.78 is 0. The highest BCUT2D eigenvalue weighted by Crippen LogP contribution is 2.62. The van der Waals surface area contributed by atoms with Crippen LogP contribution in [0.4, 0.5) is 0 Å². The monoisotopic (exact) mass is 139 g/mol. The van der Waals surface area contributed by atoms with Crippen LogP contribution >= 0.6 is 0 Å². The van der Waals surface area contributed by atoms with Crippen molar-refractivity contribution in [3.05, 3.63) is 0 Å². The SMILES string of the molecule is CC1=NOC2(C1)CC2(C)C. The zero-order chi connectivity index (χ0) is 7.41. The number of oxime groups is 1. The van der Waals surface area contributed by atoms with Crippen molar-refractivity contribution in [3.63, 3.8) is 0 Å². The Balaban J connectivity index is 2.14. The van der Waals surface area contributed by atoms with E-state index in [-0.39, 0.29) is 5.60 Å². The molecular formula is C8H13NO. The van der Waals surface area contributed by atoms with Crippen LogP contribution in [0, 0.1) is 5.41 Å². The molecule has 0 aromatic heterocycles. The molecule has 0 amide bonds. The Labute approximate surface area is 61.2 Å². The molecule has 0 bridgehead atoms. The van der Waals surface area contributed by atoms with Crippen LogP contribution in [0.1, 0.15) is 33.6 Å². The van der Waals surface area contributed by atoms with Gasteiger partial charge in [0.25, 0.3) is 0 Å². The molecule has 1 atom stereocenters. The standard InChI is InChI=1S/C8H13NO/c1-6-4-8(10-9-6)5-7(8,2)3/h4-5H2,1-3H3. The third kappa shape index (κ3) is 0.568. The number of hydrogen-bond donors (Lipinski definition) is 0. The number of nitrogens with zero attached hydrogens (tertiary/aromatic N) is 1. The van der Waals surface area contributed by atoms with E-state index in [1.54, 1.807) is 0 Å². The molecule has 10 heavy (non-hydrogen) atoms. The quantitative estimate of drug-likeness (QED) is 0.502. The fraction of sp³-hybridized carbons (Fsp3) is 0.875. The lowest BCUT2D eigenvalue weighted by Crippen LogP contribution is -2.15. The van der Waals surface area contributed by atoms with Crippen LogP contribution < -0.4 is 0 Å². The molecule has 1 fully saturated rings. The van der Waals surface area contributed by atoms with Crippen molar-refractivity contribution in [2.75, 3.05) is 0 Å². The normalized spacial score (nSPS) is 41.3. The van der Waals surface area contributed by atoms with E-state index in [0.717, 1.165) is 12.1 Å². The molecule has 0 saturated heterocycles. The summed E-state index contributed by atoms with van der Waals surface area (Å²) in [7, 11) is 0. The molecular weight excluding hydrogens is 126 g/mol. The van der Waals surface area contributed by atoms with Crippen LogP contribution in [0.3, 0.4) is 0 Å². The maximum absolute atomic E-state index is 5.37. The zero-order valence-corrected chi connectivity index (χ0v) is 6.77. The summed E-state index contributed by atoms with van der Waals surface area (Å²) >= 11 is 0. The Bertz CT molecular complexity index is 207. The van der Waals surface area contributed by atoms with Crippen LogP contribution in [0.25, 0.3) is 0 Å². The van der Waals surface area contributed by atoms with Gasteiger partial charge in [0.15, 0.2) is 0 Å². The largest absolute Gasteiger partial charge is 0.388 e. The van der Waals surface area contributed by atoms with Gasteiger partial charge in [0.2, 0.25) is 0 Å². The van der Waals surface area contributed by atoms with Crippen LogP contribution in [-0.4, -0.2) is 11.3 Å². The van der Waals surface area contributed by atoms with E-state index in [2.05, 4.69) is 19.0 Å². The molecule has 2 nitrogen and oxygen atoms in total. The molecule has 0 radical (unpaired) electrons. The highest BCUT2D eigenvalue weighted by Gasteiger charge is 2.66. The minimum atomic E-state index is 0.108. The van der Waals surface area contributed by atoms with E-state index >= 15 is 0 Å². The predicted octanol–water partition coefficient (Wildman–Crippen LogP) is 1.95. The van der Waals surface area contributed by atoms with E-state index in [1.165, 1.54) is 6.42 Å². The van der Waals surface area contributed by atoms with Crippen molar-refractivity contribution in [2.24, 2.45) is 10.6 Å². The van der Waals surface area contributed by atoms with Gasteiger partial charge in [-0.05, 0) is 13.3 Å². The Kier molecular flexibility index (Phi) is 0.859. The fourth-order valence-electron chi connectivity index (χ4n) is 1.77. The van der Waals surface area contributed by atoms with E-state index < -0.39 is 0 Å². The molecule has 1 aliphatic carbocycles. The van der Waals surface area contributed by atoms with Gasteiger partial charge in [0.1, 0.15) is 5.60 Å². The second-order valence-corrected chi connectivity index (χ2v) is 4.15. The molecule has 1 unspecified atom stereocenters. The first kappa shape index (κ1) is 6.20. The number of hydrogen-bond acceptors (Lipinski definition) is 2. The first-order chi connectivity index (χ1) is 4.56. The highest BCUT2D eigenvalue weighted by molar-refractivity contribution is 5.84. The summed E-state index contributed by atoms with van der Waals surface area (Å²) in [4.78, 5) is 5.37. The highest BCUT2D eigenvalue weighted by atomic mass is 16.7. The van der Waals surface area contributed by atoms with Crippen molar-refractivity contribution < 1.29 is 4.84 Å². The van der Waals surface area contributed by atoms with Gasteiger partial charge in [0, 0.05) is 11.8 Å². The first-order valence-corrected chi connectivity index (χ1v) is 3.77. The summed E-state index contributed by atoms with van der Waals surface area (Å²) in [5.41, 5.74) is 1.62. The molecule has 1 heterocycles. The smallest absolute Gasteiger partial charge is 0.148 e. The van der Waals surface area contributed by atoms with Gasteiger partial charge >= 0.3 is 0 Å². The fourth-order valence-corrected chi connectivity index (χ4v) is 1.77. The van der Waals surface area contributed by atoms with Gasteiger partial charge in [-0.25, -0.2) is 0 Å². The molecule has 2 aliphatic rings. The van der Waals surface area contributed by atoms with Gasteiger partial charge in [-0.3, -0.25) is 0 Å². The second-order valence-electron chi connectivity index (χ2n) is 4.15. The third-order valence-electron chi connectivity index (χ3n) is 2.75. The molecule has 56 valence electrons. The lowest BCUT2D eigenvalue weighted by Gasteiger charge is -2.09. The molecule has 2 heteroatoms. The van der Waals surface area contributed by atoms with Crippen molar-refractivity contribution in [1.82, 2.24) is 0 Å². The predicted molar refractivity (Wildman–Crippen MR) is 39.9 cm³/mol. The van der Waals surface area contributed by atoms with Gasteiger partial charge in [-0.2, -0.15) is 0 Å². The molecule has 1 aliphatic heterocycles. The lowest BCUT2D eigenvalue weighted by atomic mass is 10.0. The van der Waals surface area contributed by atoms with Crippen molar-refractivity contribution in [3.8, 4) is 0 Å². The number of rotatable bonds is 0. The summed E-state index contributed by atoms with van der Waals surface area (Å²) in [5.74, 6) is 0. The minimum absolute atomic E-state index is 0.108. The van der Waals surface area contributed by atoms with E-state index in [1.807, 2.05) is 6.92 Å². The van der Waals surface area contributed by atoms with Gasteiger partial charge in [0.05, 0.1) is 5.71 Å². The first-order valence-electron chi connectivity index (χ1n) is 3.77. The summed E-state index contributed by atoms with van der Waals surface area (Å²) in [6, 6.07) is 0. The zero-order valence-electron chi connectivity index (χ0n) is 6.77. The van der Waals surface area contributed by atoms with Gasteiger partial charge < -0.3 is 4.84 Å². The topological polar surface area (TPSA) is 21.6 Å². The molecule has 0 aromatic carbocycles. The van der Waals surface area contributed by atoms with Crippen molar-refractivity contribution >= 4 is 5.71 Å². The maximum atomic E-state index is 5.37. The van der Waals surface area contributed by atoms with E-state index in [0.29, 0.717) is 5.41 Å². The Morgan fingerprint density at radius 1 is 1.50 bits per heavy atom. The van der Waals surface area contributed by atoms with Crippen molar-refractivity contribution in [1.29, 1.82) is 0 Å². The summed E-state index contributed by atoms with van der Waals surface area (Å²) in [6.07, 6.45) is 2.21. The lowest BCUT2D eigenvalue weighted by molar-refractivity contribution is 0.0366. The molecule has 0 N–H and O–H groups in total. The van der Waals surface area contributed by atoms with Crippen LogP contribution in [0.15, 0.2) is 5.16 Å². The average molecular weight is 139 g/mol. The molecule has 0 aromatic rings. The summed E-state index contributed by atoms with van der Waals surface area (Å²) in [5, 5.41) is 3.96. The second kappa shape index (κ2) is 1.39. The van der Waals surface area contributed by atoms with Crippen LogP contribution in [-0.2, 0) is 4.84 Å². The maximum Gasteiger partial charge on any atom is 0.148 e. The molecule has 2 rings (SSSR count). The molecule has 1 saturated carbocycles. The summed E-state index contributed by atoms with van der Waals surface area (Å²) in [6.45, 7) is 6.51. The Hall–Kier alpha value is -0.530.